The molecule has 0 saturated heterocycles. The molecule has 3 rings (SSSR count). The van der Waals surface area contributed by atoms with E-state index in [1.807, 2.05) is 25.1 Å². The van der Waals surface area contributed by atoms with E-state index in [2.05, 4.69) is 16.5 Å². The number of nitrogens with one attached hydrogen (secondary N) is 1. The zero-order chi connectivity index (χ0) is 13.9. The maximum Gasteiger partial charge on any atom is 0.220 e. The highest BCUT2D eigenvalue weighted by atomic mass is 16.5. The van der Waals surface area contributed by atoms with Gasteiger partial charge < -0.3 is 9.84 Å². The second-order valence-electron chi connectivity index (χ2n) is 5.40. The highest BCUT2D eigenvalue weighted by Gasteiger charge is 2.23. The van der Waals surface area contributed by atoms with Crippen LogP contribution in [-0.4, -0.2) is 17.1 Å². The molecule has 1 aromatic carbocycles. The molecule has 1 aliphatic rings. The van der Waals surface area contributed by atoms with E-state index in [0.29, 0.717) is 18.9 Å². The molecular weight excluding hydrogens is 252 g/mol. The Hall–Kier alpha value is -2.10. The van der Waals surface area contributed by atoms with Crippen molar-refractivity contribution in [2.24, 2.45) is 0 Å². The van der Waals surface area contributed by atoms with Gasteiger partial charge in [0.05, 0.1) is 0 Å². The van der Waals surface area contributed by atoms with Crippen molar-refractivity contribution >= 4 is 5.91 Å². The van der Waals surface area contributed by atoms with E-state index in [-0.39, 0.29) is 5.91 Å². The van der Waals surface area contributed by atoms with Crippen LogP contribution in [0.4, 0.5) is 0 Å². The van der Waals surface area contributed by atoms with Gasteiger partial charge in [0.2, 0.25) is 5.91 Å². The maximum atomic E-state index is 11.7. The third-order valence-corrected chi connectivity index (χ3v) is 3.50. The third-order valence-electron chi connectivity index (χ3n) is 3.50. The van der Waals surface area contributed by atoms with Crippen LogP contribution in [0.5, 0.6) is 0 Å². The summed E-state index contributed by atoms with van der Waals surface area (Å²) >= 11 is 0. The van der Waals surface area contributed by atoms with Crippen molar-refractivity contribution < 1.29 is 9.32 Å². The molecule has 4 heteroatoms. The first-order valence-electron chi connectivity index (χ1n) is 7.02. The van der Waals surface area contributed by atoms with Crippen molar-refractivity contribution in [2.45, 2.75) is 38.6 Å². The number of rotatable bonds is 5. The van der Waals surface area contributed by atoms with E-state index < -0.39 is 0 Å². The molecule has 1 heterocycles. The molecule has 1 amide bonds. The summed E-state index contributed by atoms with van der Waals surface area (Å²) in [6, 6.07) is 8.56. The number of hydrogen-bond acceptors (Lipinski definition) is 3. The predicted octanol–water partition coefficient (Wildman–Crippen LogP) is 2.86. The number of hydrogen-bond donors (Lipinski definition) is 1. The Kier molecular flexibility index (Phi) is 3.54. The SMILES string of the molecule is Cc1cccc(-c2nocc2CCC(=O)NC2CC2)c1. The quantitative estimate of drug-likeness (QED) is 0.909. The van der Waals surface area contributed by atoms with E-state index in [0.717, 1.165) is 29.7 Å². The normalized spacial score (nSPS) is 14.2. The summed E-state index contributed by atoms with van der Waals surface area (Å²) in [6.07, 6.45) is 5.02. The maximum absolute atomic E-state index is 11.7. The van der Waals surface area contributed by atoms with Crippen LogP contribution in [0.25, 0.3) is 11.3 Å². The average molecular weight is 270 g/mol. The lowest BCUT2D eigenvalue weighted by Crippen LogP contribution is -2.25. The molecule has 0 bridgehead atoms. The van der Waals surface area contributed by atoms with Crippen LogP contribution in [0.1, 0.15) is 30.4 Å². The first-order chi connectivity index (χ1) is 9.72. The van der Waals surface area contributed by atoms with Gasteiger partial charge in [0, 0.05) is 23.6 Å². The summed E-state index contributed by atoms with van der Waals surface area (Å²) in [5.74, 6) is 0.115. The van der Waals surface area contributed by atoms with Crippen LogP contribution in [0.15, 0.2) is 35.1 Å². The summed E-state index contributed by atoms with van der Waals surface area (Å²) in [6.45, 7) is 2.05. The highest BCUT2D eigenvalue weighted by molar-refractivity contribution is 5.77. The lowest BCUT2D eigenvalue weighted by Gasteiger charge is -2.04. The molecule has 0 atom stereocenters. The number of carbonyl (C=O) groups excluding carboxylic acids is 1. The van der Waals surface area contributed by atoms with E-state index in [1.165, 1.54) is 5.56 Å². The number of carbonyl (C=O) groups is 1. The third kappa shape index (κ3) is 3.07. The highest BCUT2D eigenvalue weighted by Crippen LogP contribution is 2.24. The van der Waals surface area contributed by atoms with Gasteiger partial charge in [0.15, 0.2) is 0 Å². The molecule has 4 nitrogen and oxygen atoms in total. The van der Waals surface area contributed by atoms with Gasteiger partial charge in [-0.25, -0.2) is 0 Å². The number of benzene rings is 1. The van der Waals surface area contributed by atoms with Crippen molar-refractivity contribution in [3.63, 3.8) is 0 Å². The van der Waals surface area contributed by atoms with Crippen LogP contribution in [0.2, 0.25) is 0 Å². The van der Waals surface area contributed by atoms with Crippen molar-refractivity contribution in [1.29, 1.82) is 0 Å². The number of nitrogens with zero attached hydrogens (tertiary/aromatic N) is 1. The van der Waals surface area contributed by atoms with E-state index in [1.54, 1.807) is 6.26 Å². The molecule has 2 aromatic rings. The molecular formula is C16H18N2O2. The molecule has 0 spiro atoms. The first kappa shape index (κ1) is 12.9. The van der Waals surface area contributed by atoms with Crippen molar-refractivity contribution in [1.82, 2.24) is 10.5 Å². The molecule has 1 aromatic heterocycles. The number of aromatic nitrogens is 1. The second kappa shape index (κ2) is 5.49. The molecule has 0 unspecified atom stereocenters. The zero-order valence-corrected chi connectivity index (χ0v) is 11.6. The second-order valence-corrected chi connectivity index (χ2v) is 5.40. The smallest absolute Gasteiger partial charge is 0.220 e. The monoisotopic (exact) mass is 270 g/mol. The Bertz CT molecular complexity index is 614. The molecule has 0 radical (unpaired) electrons. The van der Waals surface area contributed by atoms with Gasteiger partial charge in [0.1, 0.15) is 12.0 Å². The number of aryl methyl sites for hydroxylation is 2. The lowest BCUT2D eigenvalue weighted by molar-refractivity contribution is -0.121. The fourth-order valence-electron chi connectivity index (χ4n) is 2.24. The molecule has 1 aliphatic carbocycles. The van der Waals surface area contributed by atoms with Crippen LogP contribution in [0, 0.1) is 6.92 Å². The zero-order valence-electron chi connectivity index (χ0n) is 11.6. The van der Waals surface area contributed by atoms with Crippen LogP contribution < -0.4 is 5.32 Å². The Labute approximate surface area is 118 Å². The number of amides is 1. The van der Waals surface area contributed by atoms with Crippen LogP contribution in [-0.2, 0) is 11.2 Å². The Morgan fingerprint density at radius 1 is 1.45 bits per heavy atom. The van der Waals surface area contributed by atoms with Crippen LogP contribution >= 0.6 is 0 Å². The van der Waals surface area contributed by atoms with Gasteiger partial charge in [-0.15, -0.1) is 0 Å². The van der Waals surface area contributed by atoms with Crippen molar-refractivity contribution in [3.8, 4) is 11.3 Å². The molecule has 1 fully saturated rings. The molecule has 20 heavy (non-hydrogen) atoms. The van der Waals surface area contributed by atoms with E-state index >= 15 is 0 Å². The minimum absolute atomic E-state index is 0.115. The van der Waals surface area contributed by atoms with Gasteiger partial charge >= 0.3 is 0 Å². The van der Waals surface area contributed by atoms with Gasteiger partial charge in [-0.2, -0.15) is 0 Å². The van der Waals surface area contributed by atoms with Crippen molar-refractivity contribution in [3.05, 3.63) is 41.7 Å². The topological polar surface area (TPSA) is 55.1 Å². The van der Waals surface area contributed by atoms with Gasteiger partial charge in [0.25, 0.3) is 0 Å². The summed E-state index contributed by atoms with van der Waals surface area (Å²) < 4.78 is 5.08. The Morgan fingerprint density at radius 2 is 2.30 bits per heavy atom. The predicted molar refractivity (Wildman–Crippen MR) is 76.2 cm³/mol. The Morgan fingerprint density at radius 3 is 3.05 bits per heavy atom. The molecule has 1 saturated carbocycles. The summed E-state index contributed by atoms with van der Waals surface area (Å²) in [5.41, 5.74) is 4.05. The van der Waals surface area contributed by atoms with Crippen molar-refractivity contribution in [2.75, 3.05) is 0 Å². The molecule has 0 aliphatic heterocycles. The van der Waals surface area contributed by atoms with Gasteiger partial charge in [-0.05, 0) is 32.3 Å². The van der Waals surface area contributed by atoms with E-state index in [4.69, 9.17) is 4.52 Å². The van der Waals surface area contributed by atoms with Gasteiger partial charge in [-0.1, -0.05) is 28.9 Å². The minimum Gasteiger partial charge on any atom is -0.364 e. The standard InChI is InChI=1S/C16H18N2O2/c1-11-3-2-4-12(9-11)16-13(10-20-18-16)5-8-15(19)17-14-6-7-14/h2-4,9-10,14H,5-8H2,1H3,(H,17,19). The fraction of sp³-hybridized carbons (Fsp3) is 0.375. The first-order valence-corrected chi connectivity index (χ1v) is 7.02. The Balaban J connectivity index is 1.68. The average Bonchev–Trinajstić information content (AvgIpc) is 3.11. The molecule has 104 valence electrons. The summed E-state index contributed by atoms with van der Waals surface area (Å²) in [7, 11) is 0. The minimum atomic E-state index is 0.115. The lowest BCUT2D eigenvalue weighted by atomic mass is 10.0. The van der Waals surface area contributed by atoms with Gasteiger partial charge in [-0.3, -0.25) is 4.79 Å². The summed E-state index contributed by atoms with van der Waals surface area (Å²) in [4.78, 5) is 11.7. The van der Waals surface area contributed by atoms with E-state index in [9.17, 15) is 4.79 Å². The fourth-order valence-corrected chi connectivity index (χ4v) is 2.24. The summed E-state index contributed by atoms with van der Waals surface area (Å²) in [5, 5.41) is 7.07. The molecule has 1 N–H and O–H groups in total. The van der Waals surface area contributed by atoms with Crippen LogP contribution in [0.3, 0.4) is 0 Å². The largest absolute Gasteiger partial charge is 0.364 e.